The lowest BCUT2D eigenvalue weighted by Crippen LogP contribution is -2.36. The van der Waals surface area contributed by atoms with Gasteiger partial charge < -0.3 is 5.32 Å². The van der Waals surface area contributed by atoms with Crippen LogP contribution in [0, 0.1) is 0 Å². The number of nitrogens with one attached hydrogen (secondary N) is 1. The van der Waals surface area contributed by atoms with Gasteiger partial charge in [0.1, 0.15) is 6.17 Å². The molecule has 0 spiro atoms. The van der Waals surface area contributed by atoms with Gasteiger partial charge >= 0.3 is 0 Å². The van der Waals surface area contributed by atoms with E-state index in [9.17, 15) is 4.39 Å². The predicted octanol–water partition coefficient (Wildman–Crippen LogP) is 2.86. The second-order valence-corrected chi connectivity index (χ2v) is 4.49. The topological polar surface area (TPSA) is 12.0 Å². The summed E-state index contributed by atoms with van der Waals surface area (Å²) in [5, 5.41) is 3.06. The summed E-state index contributed by atoms with van der Waals surface area (Å²) in [6.45, 7) is 1.39. The van der Waals surface area contributed by atoms with Crippen molar-refractivity contribution in [2.45, 2.75) is 18.5 Å². The van der Waals surface area contributed by atoms with Crippen LogP contribution >= 0.6 is 15.9 Å². The SMILES string of the molecule is FC1CNCCC1c1ccccc1Br. The number of hydrogen-bond donors (Lipinski definition) is 1. The quantitative estimate of drug-likeness (QED) is 0.816. The Hall–Kier alpha value is -0.410. The molecule has 1 saturated heterocycles. The highest BCUT2D eigenvalue weighted by Gasteiger charge is 2.26. The third-order valence-corrected chi connectivity index (χ3v) is 3.43. The fourth-order valence-corrected chi connectivity index (χ4v) is 2.53. The molecule has 3 heteroatoms. The van der Waals surface area contributed by atoms with Crippen molar-refractivity contribution >= 4 is 15.9 Å². The van der Waals surface area contributed by atoms with Crippen LogP contribution in [0.3, 0.4) is 0 Å². The van der Waals surface area contributed by atoms with Crippen LogP contribution in [-0.4, -0.2) is 19.3 Å². The molecule has 0 radical (unpaired) electrons. The van der Waals surface area contributed by atoms with E-state index in [1.54, 1.807) is 0 Å². The molecule has 0 bridgehead atoms. The number of rotatable bonds is 1. The van der Waals surface area contributed by atoms with Gasteiger partial charge in [-0.25, -0.2) is 4.39 Å². The molecule has 1 aromatic rings. The van der Waals surface area contributed by atoms with Crippen LogP contribution in [0.1, 0.15) is 17.9 Å². The van der Waals surface area contributed by atoms with E-state index in [0.29, 0.717) is 6.54 Å². The molecule has 1 N–H and O–H groups in total. The maximum Gasteiger partial charge on any atom is 0.119 e. The highest BCUT2D eigenvalue weighted by atomic mass is 79.9. The summed E-state index contributed by atoms with van der Waals surface area (Å²) in [5.74, 6) is 0.0480. The molecular weight excluding hydrogens is 245 g/mol. The molecule has 2 rings (SSSR count). The smallest absolute Gasteiger partial charge is 0.119 e. The summed E-state index contributed by atoms with van der Waals surface area (Å²) >= 11 is 3.47. The van der Waals surface area contributed by atoms with E-state index in [0.717, 1.165) is 23.0 Å². The van der Waals surface area contributed by atoms with Crippen molar-refractivity contribution in [1.29, 1.82) is 0 Å². The highest BCUT2D eigenvalue weighted by molar-refractivity contribution is 9.10. The Balaban J connectivity index is 2.25. The maximum atomic E-state index is 13.6. The van der Waals surface area contributed by atoms with Crippen LogP contribution in [0.15, 0.2) is 28.7 Å². The fraction of sp³-hybridized carbons (Fsp3) is 0.455. The zero-order chi connectivity index (χ0) is 9.97. The normalized spacial score (nSPS) is 27.6. The molecule has 2 unspecified atom stereocenters. The molecule has 1 aromatic carbocycles. The number of hydrogen-bond acceptors (Lipinski definition) is 1. The van der Waals surface area contributed by atoms with E-state index in [-0.39, 0.29) is 5.92 Å². The van der Waals surface area contributed by atoms with E-state index < -0.39 is 6.17 Å². The van der Waals surface area contributed by atoms with Crippen LogP contribution in [0.25, 0.3) is 0 Å². The van der Waals surface area contributed by atoms with Crippen molar-refractivity contribution in [2.75, 3.05) is 13.1 Å². The number of benzene rings is 1. The summed E-state index contributed by atoms with van der Waals surface area (Å²) < 4.78 is 14.7. The summed E-state index contributed by atoms with van der Waals surface area (Å²) in [6, 6.07) is 7.91. The molecule has 1 fully saturated rings. The first kappa shape index (κ1) is 10.1. The van der Waals surface area contributed by atoms with E-state index in [2.05, 4.69) is 21.2 Å². The third-order valence-electron chi connectivity index (χ3n) is 2.71. The first-order chi connectivity index (χ1) is 6.79. The van der Waals surface area contributed by atoms with Gasteiger partial charge in [0.2, 0.25) is 0 Å². The van der Waals surface area contributed by atoms with Gasteiger partial charge in [0.05, 0.1) is 0 Å². The van der Waals surface area contributed by atoms with Gasteiger partial charge in [-0.2, -0.15) is 0 Å². The molecule has 0 amide bonds. The van der Waals surface area contributed by atoms with Gasteiger partial charge in [-0.15, -0.1) is 0 Å². The van der Waals surface area contributed by atoms with Gasteiger partial charge in [0.25, 0.3) is 0 Å². The van der Waals surface area contributed by atoms with E-state index in [1.807, 2.05) is 24.3 Å². The summed E-state index contributed by atoms with van der Waals surface area (Å²) in [6.07, 6.45) is 0.117. The molecule has 1 aliphatic heterocycles. The van der Waals surface area contributed by atoms with E-state index in [4.69, 9.17) is 0 Å². The standard InChI is InChI=1S/C11H13BrFN/c12-10-4-2-1-3-8(10)9-5-6-14-7-11(9)13/h1-4,9,11,14H,5-7H2. The van der Waals surface area contributed by atoms with E-state index in [1.165, 1.54) is 0 Å². The molecule has 0 saturated carbocycles. The molecule has 0 aliphatic carbocycles. The summed E-state index contributed by atoms with van der Waals surface area (Å²) in [4.78, 5) is 0. The van der Waals surface area contributed by atoms with Crippen LogP contribution in [-0.2, 0) is 0 Å². The molecule has 1 nitrogen and oxygen atoms in total. The second-order valence-electron chi connectivity index (χ2n) is 3.64. The molecule has 2 atom stereocenters. The Morgan fingerprint density at radius 3 is 2.86 bits per heavy atom. The minimum Gasteiger partial charge on any atom is -0.314 e. The van der Waals surface area contributed by atoms with Crippen LogP contribution < -0.4 is 5.32 Å². The zero-order valence-corrected chi connectivity index (χ0v) is 9.43. The fourth-order valence-electron chi connectivity index (χ4n) is 1.95. The largest absolute Gasteiger partial charge is 0.314 e. The van der Waals surface area contributed by atoms with Crippen LogP contribution in [0.5, 0.6) is 0 Å². The number of alkyl halides is 1. The van der Waals surface area contributed by atoms with Crippen molar-refractivity contribution in [3.63, 3.8) is 0 Å². The molecule has 0 aromatic heterocycles. The summed E-state index contributed by atoms with van der Waals surface area (Å²) in [7, 11) is 0. The Morgan fingerprint density at radius 2 is 2.14 bits per heavy atom. The van der Waals surface area contributed by atoms with Crippen LogP contribution in [0.4, 0.5) is 4.39 Å². The minimum atomic E-state index is -0.762. The Kier molecular flexibility index (Phi) is 3.19. The van der Waals surface area contributed by atoms with Gasteiger partial charge in [-0.05, 0) is 24.6 Å². The zero-order valence-electron chi connectivity index (χ0n) is 7.84. The first-order valence-corrected chi connectivity index (χ1v) is 5.67. The minimum absolute atomic E-state index is 0.0480. The van der Waals surface area contributed by atoms with Gasteiger partial charge in [0.15, 0.2) is 0 Å². The Bertz CT molecular complexity index is 316. The Morgan fingerprint density at radius 1 is 1.36 bits per heavy atom. The average Bonchev–Trinajstić information content (AvgIpc) is 2.20. The van der Waals surface area contributed by atoms with Crippen molar-refractivity contribution in [3.8, 4) is 0 Å². The van der Waals surface area contributed by atoms with Gasteiger partial charge in [0, 0.05) is 16.9 Å². The second kappa shape index (κ2) is 4.41. The van der Waals surface area contributed by atoms with Crippen molar-refractivity contribution in [2.24, 2.45) is 0 Å². The lowest BCUT2D eigenvalue weighted by atomic mass is 9.89. The molecule has 1 heterocycles. The van der Waals surface area contributed by atoms with Gasteiger partial charge in [-0.1, -0.05) is 34.1 Å². The van der Waals surface area contributed by atoms with Gasteiger partial charge in [-0.3, -0.25) is 0 Å². The molecular formula is C11H13BrFN. The van der Waals surface area contributed by atoms with Crippen molar-refractivity contribution in [1.82, 2.24) is 5.32 Å². The van der Waals surface area contributed by atoms with E-state index >= 15 is 0 Å². The molecule has 76 valence electrons. The average molecular weight is 258 g/mol. The number of piperidine rings is 1. The monoisotopic (exact) mass is 257 g/mol. The molecule has 14 heavy (non-hydrogen) atoms. The first-order valence-electron chi connectivity index (χ1n) is 4.88. The summed E-state index contributed by atoms with van der Waals surface area (Å²) in [5.41, 5.74) is 1.10. The predicted molar refractivity (Wildman–Crippen MR) is 59.3 cm³/mol. The Labute approximate surface area is 91.8 Å². The highest BCUT2D eigenvalue weighted by Crippen LogP contribution is 2.32. The van der Waals surface area contributed by atoms with Crippen LogP contribution in [0.2, 0.25) is 0 Å². The maximum absolute atomic E-state index is 13.6. The van der Waals surface area contributed by atoms with Crippen molar-refractivity contribution < 1.29 is 4.39 Å². The van der Waals surface area contributed by atoms with Crippen molar-refractivity contribution in [3.05, 3.63) is 34.3 Å². The molecule has 1 aliphatic rings. The number of halogens is 2. The lowest BCUT2D eigenvalue weighted by molar-refractivity contribution is 0.231. The lowest BCUT2D eigenvalue weighted by Gasteiger charge is -2.27. The third kappa shape index (κ3) is 1.98.